The number of hydrogen-bond donors (Lipinski definition) is 1. The Bertz CT molecular complexity index is 495. The zero-order valence-corrected chi connectivity index (χ0v) is 10.3. The number of aromatic nitrogens is 3. The molecule has 1 heterocycles. The summed E-state index contributed by atoms with van der Waals surface area (Å²) < 4.78 is 0. The smallest absolute Gasteiger partial charge is 0.208 e. The Morgan fingerprint density at radius 3 is 2.76 bits per heavy atom. The van der Waals surface area contributed by atoms with Crippen LogP contribution in [0.15, 0.2) is 35.5 Å². The average molecular weight is 247 g/mol. The maximum Gasteiger partial charge on any atom is 0.208 e. The minimum atomic E-state index is 0.0958. The first-order chi connectivity index (χ1) is 8.29. The Kier molecular flexibility index (Phi) is 3.93. The number of H-pyrrole nitrogens is 1. The van der Waals surface area contributed by atoms with Gasteiger partial charge in [0.1, 0.15) is 5.82 Å². The number of benzene rings is 1. The molecule has 0 fully saturated rings. The molecule has 0 saturated carbocycles. The van der Waals surface area contributed by atoms with Crippen LogP contribution in [-0.2, 0) is 6.42 Å². The van der Waals surface area contributed by atoms with Gasteiger partial charge in [-0.2, -0.15) is 0 Å². The highest BCUT2D eigenvalue weighted by molar-refractivity contribution is 7.99. The van der Waals surface area contributed by atoms with Crippen LogP contribution in [0.3, 0.4) is 0 Å². The minimum absolute atomic E-state index is 0.0958. The molecule has 0 amide bonds. The van der Waals surface area contributed by atoms with E-state index in [0.717, 1.165) is 17.8 Å². The van der Waals surface area contributed by atoms with Gasteiger partial charge in [0.25, 0.3) is 0 Å². The van der Waals surface area contributed by atoms with Gasteiger partial charge in [-0.1, -0.05) is 49.0 Å². The van der Waals surface area contributed by atoms with Gasteiger partial charge in [0, 0.05) is 12.0 Å². The Morgan fingerprint density at radius 1 is 1.35 bits per heavy atom. The summed E-state index contributed by atoms with van der Waals surface area (Å²) in [4.78, 5) is 16.0. The molecule has 88 valence electrons. The molecule has 0 saturated heterocycles. The van der Waals surface area contributed by atoms with E-state index in [9.17, 15) is 4.79 Å². The molecular formula is C12H13N3OS. The van der Waals surface area contributed by atoms with Crippen LogP contribution >= 0.6 is 11.8 Å². The van der Waals surface area contributed by atoms with Crippen molar-refractivity contribution in [1.82, 2.24) is 15.2 Å². The Labute approximate surface area is 104 Å². The van der Waals surface area contributed by atoms with Crippen LogP contribution in [0.5, 0.6) is 0 Å². The largest absolute Gasteiger partial charge is 0.293 e. The Hall–Kier alpha value is -1.62. The molecule has 0 radical (unpaired) electrons. The van der Waals surface area contributed by atoms with Crippen molar-refractivity contribution < 1.29 is 4.79 Å². The molecule has 2 aromatic rings. The lowest BCUT2D eigenvalue weighted by atomic mass is 10.2. The lowest BCUT2D eigenvalue weighted by Gasteiger charge is -1.97. The molecule has 4 nitrogen and oxygen atoms in total. The molecule has 2 rings (SSSR count). The van der Waals surface area contributed by atoms with E-state index >= 15 is 0 Å². The van der Waals surface area contributed by atoms with E-state index in [2.05, 4.69) is 15.2 Å². The number of Topliss-reactive ketones (excluding diaryl/α,β-unsaturated/α-hetero) is 1. The maximum atomic E-state index is 11.8. The number of thioether (sulfide) groups is 1. The van der Waals surface area contributed by atoms with E-state index in [0.29, 0.717) is 10.9 Å². The third kappa shape index (κ3) is 3.17. The number of carbonyl (C=O) groups excluding carboxylic acids is 1. The van der Waals surface area contributed by atoms with Crippen molar-refractivity contribution >= 4 is 17.5 Å². The molecule has 0 spiro atoms. The van der Waals surface area contributed by atoms with Gasteiger partial charge in [-0.3, -0.25) is 9.89 Å². The summed E-state index contributed by atoms with van der Waals surface area (Å²) in [6.07, 6.45) is 0.820. The standard InChI is InChI=1S/C12H13N3OS/c1-2-11-13-12(15-14-11)17-8-10(16)9-6-4-3-5-7-9/h3-7H,2,8H2,1H3,(H,13,14,15). The van der Waals surface area contributed by atoms with Crippen molar-refractivity contribution in [2.45, 2.75) is 18.5 Å². The highest BCUT2D eigenvalue weighted by atomic mass is 32.2. The van der Waals surface area contributed by atoms with Gasteiger partial charge in [-0.05, 0) is 0 Å². The van der Waals surface area contributed by atoms with Crippen molar-refractivity contribution in [3.05, 3.63) is 41.7 Å². The Morgan fingerprint density at radius 2 is 2.12 bits per heavy atom. The monoisotopic (exact) mass is 247 g/mol. The first kappa shape index (κ1) is 11.9. The van der Waals surface area contributed by atoms with Crippen molar-refractivity contribution in [3.63, 3.8) is 0 Å². The molecule has 0 unspecified atom stereocenters. The van der Waals surface area contributed by atoms with E-state index in [-0.39, 0.29) is 5.78 Å². The summed E-state index contributed by atoms with van der Waals surface area (Å²) in [5, 5.41) is 7.48. The molecule has 1 aromatic heterocycles. The molecular weight excluding hydrogens is 234 g/mol. The fourth-order valence-corrected chi connectivity index (χ4v) is 2.05. The highest BCUT2D eigenvalue weighted by Crippen LogP contribution is 2.14. The SMILES string of the molecule is CCc1nc(SCC(=O)c2ccccc2)n[nH]1. The molecule has 17 heavy (non-hydrogen) atoms. The van der Waals surface area contributed by atoms with Crippen LogP contribution in [0.2, 0.25) is 0 Å². The average Bonchev–Trinajstić information content (AvgIpc) is 2.85. The molecule has 0 aliphatic carbocycles. The number of hydrogen-bond acceptors (Lipinski definition) is 4. The van der Waals surface area contributed by atoms with Gasteiger partial charge >= 0.3 is 0 Å². The number of nitrogens with one attached hydrogen (secondary N) is 1. The molecule has 0 aliphatic rings. The molecule has 0 atom stereocenters. The first-order valence-electron chi connectivity index (χ1n) is 5.42. The van der Waals surface area contributed by atoms with E-state index in [1.165, 1.54) is 11.8 Å². The second-order valence-corrected chi connectivity index (χ2v) is 4.44. The second kappa shape index (κ2) is 5.63. The first-order valence-corrected chi connectivity index (χ1v) is 6.40. The van der Waals surface area contributed by atoms with E-state index in [1.54, 1.807) is 0 Å². The van der Waals surface area contributed by atoms with E-state index in [4.69, 9.17) is 0 Å². The van der Waals surface area contributed by atoms with E-state index in [1.807, 2.05) is 37.3 Å². The van der Waals surface area contributed by atoms with Crippen LogP contribution < -0.4 is 0 Å². The van der Waals surface area contributed by atoms with Crippen LogP contribution in [0, 0.1) is 0 Å². The van der Waals surface area contributed by atoms with Gasteiger partial charge in [0.2, 0.25) is 5.16 Å². The predicted molar refractivity (Wildman–Crippen MR) is 67.3 cm³/mol. The zero-order valence-electron chi connectivity index (χ0n) is 9.51. The predicted octanol–water partition coefficient (Wildman–Crippen LogP) is 2.34. The molecule has 1 aromatic carbocycles. The number of ketones is 1. The van der Waals surface area contributed by atoms with Crippen molar-refractivity contribution in [2.75, 3.05) is 5.75 Å². The number of rotatable bonds is 5. The fraction of sp³-hybridized carbons (Fsp3) is 0.250. The van der Waals surface area contributed by atoms with Crippen LogP contribution in [0.25, 0.3) is 0 Å². The van der Waals surface area contributed by atoms with Crippen LogP contribution in [0.4, 0.5) is 0 Å². The summed E-state index contributed by atoms with van der Waals surface area (Å²) in [5.74, 6) is 1.31. The van der Waals surface area contributed by atoms with Crippen molar-refractivity contribution in [1.29, 1.82) is 0 Å². The normalized spacial score (nSPS) is 10.4. The van der Waals surface area contributed by atoms with Gasteiger partial charge in [-0.15, -0.1) is 5.10 Å². The number of nitrogens with zero attached hydrogens (tertiary/aromatic N) is 2. The van der Waals surface area contributed by atoms with Gasteiger partial charge < -0.3 is 0 Å². The topological polar surface area (TPSA) is 58.6 Å². The molecule has 0 aliphatic heterocycles. The number of aromatic amines is 1. The van der Waals surface area contributed by atoms with Gasteiger partial charge in [0.05, 0.1) is 5.75 Å². The summed E-state index contributed by atoms with van der Waals surface area (Å²) in [5.41, 5.74) is 0.728. The lowest BCUT2D eigenvalue weighted by molar-refractivity contribution is 0.102. The van der Waals surface area contributed by atoms with E-state index < -0.39 is 0 Å². The van der Waals surface area contributed by atoms with Gasteiger partial charge in [-0.25, -0.2) is 4.98 Å². The summed E-state index contributed by atoms with van der Waals surface area (Å²) >= 11 is 1.36. The Balaban J connectivity index is 1.92. The zero-order chi connectivity index (χ0) is 12.1. The van der Waals surface area contributed by atoms with Crippen molar-refractivity contribution in [3.8, 4) is 0 Å². The second-order valence-electron chi connectivity index (χ2n) is 3.50. The molecule has 1 N–H and O–H groups in total. The van der Waals surface area contributed by atoms with Gasteiger partial charge in [0.15, 0.2) is 5.78 Å². The third-order valence-electron chi connectivity index (χ3n) is 2.27. The quantitative estimate of drug-likeness (QED) is 0.651. The van der Waals surface area contributed by atoms with Crippen molar-refractivity contribution in [2.24, 2.45) is 0 Å². The summed E-state index contributed by atoms with van der Waals surface area (Å²) in [6.45, 7) is 2.00. The fourth-order valence-electron chi connectivity index (χ4n) is 1.34. The van der Waals surface area contributed by atoms with Crippen LogP contribution in [0.1, 0.15) is 23.1 Å². The van der Waals surface area contributed by atoms with Crippen LogP contribution in [-0.4, -0.2) is 26.7 Å². The maximum absolute atomic E-state index is 11.8. The summed E-state index contributed by atoms with van der Waals surface area (Å²) in [6, 6.07) is 9.25. The lowest BCUT2D eigenvalue weighted by Crippen LogP contribution is -2.01. The third-order valence-corrected chi connectivity index (χ3v) is 3.12. The molecule has 5 heteroatoms. The number of aryl methyl sites for hydroxylation is 1. The summed E-state index contributed by atoms with van der Waals surface area (Å²) in [7, 11) is 0. The minimum Gasteiger partial charge on any atom is -0.293 e. The molecule has 0 bridgehead atoms. The number of carbonyl (C=O) groups is 1. The highest BCUT2D eigenvalue weighted by Gasteiger charge is 2.08.